The maximum atomic E-state index is 5.80. The van der Waals surface area contributed by atoms with Gasteiger partial charge in [-0.1, -0.05) is 30.7 Å². The Bertz CT molecular complexity index is 323. The molecule has 1 N–H and O–H groups in total. The van der Waals surface area contributed by atoms with Crippen molar-refractivity contribution in [2.75, 3.05) is 0 Å². The minimum Gasteiger partial charge on any atom is -0.309 e. The van der Waals surface area contributed by atoms with Crippen molar-refractivity contribution in [2.24, 2.45) is 0 Å². The average molecular weight is 222 g/mol. The number of hydrogen-bond donors (Lipinski definition) is 1. The quantitative estimate of drug-likeness (QED) is 0.753. The van der Waals surface area contributed by atoms with Crippen LogP contribution >= 0.6 is 11.6 Å². The van der Waals surface area contributed by atoms with Crippen molar-refractivity contribution in [1.29, 1.82) is 0 Å². The lowest BCUT2D eigenvalue weighted by atomic mass is 10.1. The van der Waals surface area contributed by atoms with E-state index in [4.69, 9.17) is 18.0 Å². The van der Waals surface area contributed by atoms with Crippen LogP contribution in [0.4, 0.5) is 0 Å². The molecule has 80 valence electrons. The standard InChI is InChI=1S/C13H16ClN/c1-3-5-13(4-2)15-10-11-6-8-12(14)9-7-11/h1,6-9,13,15H,4-5,10H2,2H3. The summed E-state index contributed by atoms with van der Waals surface area (Å²) in [6, 6.07) is 8.27. The summed E-state index contributed by atoms with van der Waals surface area (Å²) in [6.07, 6.45) is 7.12. The Kier molecular flexibility index (Phi) is 5.25. The van der Waals surface area contributed by atoms with E-state index in [1.54, 1.807) is 0 Å². The zero-order valence-corrected chi connectivity index (χ0v) is 9.72. The Labute approximate surface area is 96.8 Å². The van der Waals surface area contributed by atoms with E-state index in [2.05, 4.69) is 18.2 Å². The van der Waals surface area contributed by atoms with Crippen molar-refractivity contribution in [3.05, 3.63) is 34.9 Å². The molecule has 0 aliphatic rings. The molecule has 2 heteroatoms. The van der Waals surface area contributed by atoms with Gasteiger partial charge < -0.3 is 5.32 Å². The van der Waals surface area contributed by atoms with E-state index >= 15 is 0 Å². The van der Waals surface area contributed by atoms with Gasteiger partial charge in [-0.15, -0.1) is 12.3 Å². The second-order valence-corrected chi connectivity index (χ2v) is 3.96. The Hall–Kier alpha value is -0.970. The maximum absolute atomic E-state index is 5.80. The van der Waals surface area contributed by atoms with Crippen LogP contribution in [0.5, 0.6) is 0 Å². The fourth-order valence-electron chi connectivity index (χ4n) is 1.37. The first-order valence-electron chi connectivity index (χ1n) is 5.17. The highest BCUT2D eigenvalue weighted by Gasteiger charge is 2.02. The van der Waals surface area contributed by atoms with Crippen LogP contribution in [0.15, 0.2) is 24.3 Å². The molecule has 0 spiro atoms. The van der Waals surface area contributed by atoms with Gasteiger partial charge in [0, 0.05) is 24.0 Å². The number of nitrogens with one attached hydrogen (secondary N) is 1. The third kappa shape index (κ3) is 4.38. The molecule has 1 nitrogen and oxygen atoms in total. The van der Waals surface area contributed by atoms with E-state index in [9.17, 15) is 0 Å². The third-order valence-electron chi connectivity index (χ3n) is 2.37. The van der Waals surface area contributed by atoms with Crippen LogP contribution in [-0.4, -0.2) is 6.04 Å². The first kappa shape index (κ1) is 12.1. The van der Waals surface area contributed by atoms with Crippen LogP contribution in [0.3, 0.4) is 0 Å². The number of terminal acetylenes is 1. The van der Waals surface area contributed by atoms with Gasteiger partial charge >= 0.3 is 0 Å². The first-order valence-corrected chi connectivity index (χ1v) is 5.55. The van der Waals surface area contributed by atoms with Crippen molar-refractivity contribution < 1.29 is 0 Å². The Morgan fingerprint density at radius 2 is 2.07 bits per heavy atom. The highest BCUT2D eigenvalue weighted by atomic mass is 35.5. The smallest absolute Gasteiger partial charge is 0.0406 e. The molecule has 0 aliphatic carbocycles. The van der Waals surface area contributed by atoms with Gasteiger partial charge in [-0.2, -0.15) is 0 Å². The van der Waals surface area contributed by atoms with E-state index < -0.39 is 0 Å². The summed E-state index contributed by atoms with van der Waals surface area (Å²) in [4.78, 5) is 0. The van der Waals surface area contributed by atoms with Gasteiger partial charge in [-0.05, 0) is 24.1 Å². The molecule has 1 rings (SSSR count). The van der Waals surface area contributed by atoms with Crippen molar-refractivity contribution in [3.8, 4) is 12.3 Å². The summed E-state index contributed by atoms with van der Waals surface area (Å²) in [5.74, 6) is 2.68. The lowest BCUT2D eigenvalue weighted by Gasteiger charge is -2.13. The fourth-order valence-corrected chi connectivity index (χ4v) is 1.49. The lowest BCUT2D eigenvalue weighted by molar-refractivity contribution is 0.507. The van der Waals surface area contributed by atoms with Crippen LogP contribution < -0.4 is 5.32 Å². The van der Waals surface area contributed by atoms with Crippen LogP contribution in [0.1, 0.15) is 25.3 Å². The second-order valence-electron chi connectivity index (χ2n) is 3.52. The molecule has 0 fully saturated rings. The fraction of sp³-hybridized carbons (Fsp3) is 0.385. The van der Waals surface area contributed by atoms with E-state index in [0.29, 0.717) is 6.04 Å². The molecular weight excluding hydrogens is 206 g/mol. The van der Waals surface area contributed by atoms with Gasteiger partial charge in [0.2, 0.25) is 0 Å². The summed E-state index contributed by atoms with van der Waals surface area (Å²) in [7, 11) is 0. The van der Waals surface area contributed by atoms with E-state index in [1.165, 1.54) is 5.56 Å². The van der Waals surface area contributed by atoms with E-state index in [0.717, 1.165) is 24.4 Å². The Morgan fingerprint density at radius 1 is 1.40 bits per heavy atom. The van der Waals surface area contributed by atoms with Gasteiger partial charge in [-0.25, -0.2) is 0 Å². The maximum Gasteiger partial charge on any atom is 0.0406 e. The Balaban J connectivity index is 2.42. The van der Waals surface area contributed by atoms with Gasteiger partial charge in [0.15, 0.2) is 0 Å². The minimum atomic E-state index is 0.408. The molecule has 1 atom stereocenters. The highest BCUT2D eigenvalue weighted by molar-refractivity contribution is 6.30. The van der Waals surface area contributed by atoms with Gasteiger partial charge in [-0.3, -0.25) is 0 Å². The van der Waals surface area contributed by atoms with Gasteiger partial charge in [0.05, 0.1) is 0 Å². The highest BCUT2D eigenvalue weighted by Crippen LogP contribution is 2.09. The van der Waals surface area contributed by atoms with Crippen molar-refractivity contribution in [1.82, 2.24) is 5.32 Å². The van der Waals surface area contributed by atoms with Gasteiger partial charge in [0.25, 0.3) is 0 Å². The van der Waals surface area contributed by atoms with Crippen LogP contribution in [-0.2, 0) is 6.54 Å². The lowest BCUT2D eigenvalue weighted by Crippen LogP contribution is -2.27. The largest absolute Gasteiger partial charge is 0.309 e. The normalized spacial score (nSPS) is 12.1. The van der Waals surface area contributed by atoms with Crippen LogP contribution in [0, 0.1) is 12.3 Å². The molecule has 1 aromatic rings. The number of halogens is 1. The van der Waals surface area contributed by atoms with E-state index in [-0.39, 0.29) is 0 Å². The number of hydrogen-bond acceptors (Lipinski definition) is 1. The summed E-state index contributed by atoms with van der Waals surface area (Å²) in [6.45, 7) is 2.98. The van der Waals surface area contributed by atoms with Crippen LogP contribution in [0.2, 0.25) is 5.02 Å². The molecule has 0 aromatic heterocycles. The average Bonchev–Trinajstić information content (AvgIpc) is 2.26. The van der Waals surface area contributed by atoms with Crippen molar-refractivity contribution >= 4 is 11.6 Å². The Morgan fingerprint density at radius 3 is 2.60 bits per heavy atom. The predicted molar refractivity (Wildman–Crippen MR) is 65.8 cm³/mol. The van der Waals surface area contributed by atoms with Crippen LogP contribution in [0.25, 0.3) is 0 Å². The third-order valence-corrected chi connectivity index (χ3v) is 2.62. The molecule has 0 radical (unpaired) electrons. The molecule has 15 heavy (non-hydrogen) atoms. The molecule has 0 bridgehead atoms. The monoisotopic (exact) mass is 221 g/mol. The molecule has 0 saturated heterocycles. The molecule has 0 saturated carbocycles. The topological polar surface area (TPSA) is 12.0 Å². The predicted octanol–water partition coefficient (Wildman–Crippen LogP) is 3.23. The van der Waals surface area contributed by atoms with Crippen molar-refractivity contribution in [2.45, 2.75) is 32.4 Å². The molecule has 1 aromatic carbocycles. The zero-order chi connectivity index (χ0) is 11.1. The summed E-state index contributed by atoms with van der Waals surface area (Å²) < 4.78 is 0. The van der Waals surface area contributed by atoms with Gasteiger partial charge in [0.1, 0.15) is 0 Å². The number of rotatable bonds is 5. The number of benzene rings is 1. The zero-order valence-electron chi connectivity index (χ0n) is 8.96. The summed E-state index contributed by atoms with van der Waals surface area (Å²) in [5.41, 5.74) is 1.23. The van der Waals surface area contributed by atoms with Crippen molar-refractivity contribution in [3.63, 3.8) is 0 Å². The molecular formula is C13H16ClN. The SMILES string of the molecule is C#CCC(CC)NCc1ccc(Cl)cc1. The minimum absolute atomic E-state index is 0.408. The summed E-state index contributed by atoms with van der Waals surface area (Å²) in [5, 5.41) is 4.19. The summed E-state index contributed by atoms with van der Waals surface area (Å²) >= 11 is 5.80. The second kappa shape index (κ2) is 6.50. The molecule has 0 aliphatic heterocycles. The molecule has 1 unspecified atom stereocenters. The van der Waals surface area contributed by atoms with E-state index in [1.807, 2.05) is 24.3 Å². The first-order chi connectivity index (χ1) is 7.26. The molecule has 0 heterocycles. The molecule has 0 amide bonds.